The Kier molecular flexibility index (Phi) is 6.35. The first-order valence-electron chi connectivity index (χ1n) is 8.60. The van der Waals surface area contributed by atoms with Gasteiger partial charge in [-0.1, -0.05) is 59.6 Å². The van der Waals surface area contributed by atoms with Crippen molar-refractivity contribution >= 4 is 29.1 Å². The molecule has 0 radical (unpaired) electrons. The lowest BCUT2D eigenvalue weighted by molar-refractivity contribution is -0.133. The fourth-order valence-electron chi connectivity index (χ4n) is 3.12. The molecule has 1 amide bonds. The second-order valence-corrected chi connectivity index (χ2v) is 7.22. The predicted octanol–water partition coefficient (Wildman–Crippen LogP) is 4.27. The summed E-state index contributed by atoms with van der Waals surface area (Å²) in [4.78, 5) is 16.8. The van der Waals surface area contributed by atoms with E-state index in [9.17, 15) is 4.79 Å². The molecule has 132 valence electrons. The van der Waals surface area contributed by atoms with Crippen molar-refractivity contribution in [3.63, 3.8) is 0 Å². The summed E-state index contributed by atoms with van der Waals surface area (Å²) in [6.45, 7) is 4.37. The predicted molar refractivity (Wildman–Crippen MR) is 103 cm³/mol. The van der Waals surface area contributed by atoms with Crippen molar-refractivity contribution in [1.29, 1.82) is 0 Å². The van der Waals surface area contributed by atoms with Crippen molar-refractivity contribution in [3.05, 3.63) is 69.7 Å². The molecule has 0 spiro atoms. The molecule has 0 aliphatic carbocycles. The zero-order valence-electron chi connectivity index (χ0n) is 14.1. The molecule has 1 heterocycles. The number of aryl methyl sites for hydroxylation is 1. The summed E-state index contributed by atoms with van der Waals surface area (Å²) in [5, 5.41) is 1.25. The minimum Gasteiger partial charge on any atom is -0.340 e. The molecule has 0 N–H and O–H groups in total. The first kappa shape index (κ1) is 18.2. The maximum Gasteiger partial charge on any atom is 0.222 e. The monoisotopic (exact) mass is 376 g/mol. The molecule has 1 aliphatic rings. The number of benzene rings is 2. The van der Waals surface area contributed by atoms with Gasteiger partial charge in [0.2, 0.25) is 5.91 Å². The largest absolute Gasteiger partial charge is 0.340 e. The number of hydrogen-bond donors (Lipinski definition) is 0. The lowest BCUT2D eigenvalue weighted by Crippen LogP contribution is -2.48. The minimum absolute atomic E-state index is 0.199. The average Bonchev–Trinajstić information content (AvgIpc) is 2.62. The van der Waals surface area contributed by atoms with Crippen LogP contribution in [-0.2, 0) is 17.8 Å². The molecule has 1 aliphatic heterocycles. The highest BCUT2D eigenvalue weighted by Crippen LogP contribution is 2.22. The van der Waals surface area contributed by atoms with Crippen LogP contribution in [0.3, 0.4) is 0 Å². The fraction of sp³-hybridized carbons (Fsp3) is 0.350. The number of carbonyl (C=O) groups is 1. The van der Waals surface area contributed by atoms with E-state index in [0.29, 0.717) is 22.9 Å². The van der Waals surface area contributed by atoms with Crippen LogP contribution in [0.25, 0.3) is 0 Å². The Balaban J connectivity index is 1.45. The zero-order valence-corrected chi connectivity index (χ0v) is 15.6. The van der Waals surface area contributed by atoms with Gasteiger partial charge in [0.05, 0.1) is 0 Å². The van der Waals surface area contributed by atoms with Gasteiger partial charge in [-0.2, -0.15) is 0 Å². The number of nitrogens with zero attached hydrogens (tertiary/aromatic N) is 2. The standard InChI is InChI=1S/C20H22Cl2N2O/c21-18-8-6-17(19(22)14-18)7-9-20(25)24-12-10-23(11-13-24)15-16-4-2-1-3-5-16/h1-6,8,14H,7,9-13,15H2. The highest BCUT2D eigenvalue weighted by atomic mass is 35.5. The molecule has 0 bridgehead atoms. The fourth-order valence-corrected chi connectivity index (χ4v) is 3.62. The second-order valence-electron chi connectivity index (χ2n) is 6.38. The van der Waals surface area contributed by atoms with Crippen LogP contribution in [0.4, 0.5) is 0 Å². The van der Waals surface area contributed by atoms with E-state index in [1.54, 1.807) is 6.07 Å². The first-order chi connectivity index (χ1) is 12.1. The molecule has 3 rings (SSSR count). The van der Waals surface area contributed by atoms with Gasteiger partial charge in [-0.05, 0) is 29.7 Å². The number of halogens is 2. The number of rotatable bonds is 5. The van der Waals surface area contributed by atoms with Gasteiger partial charge in [0.15, 0.2) is 0 Å². The summed E-state index contributed by atoms with van der Waals surface area (Å²) < 4.78 is 0. The Morgan fingerprint density at radius 1 is 0.960 bits per heavy atom. The van der Waals surface area contributed by atoms with Crippen molar-refractivity contribution in [2.45, 2.75) is 19.4 Å². The minimum atomic E-state index is 0.199. The second kappa shape index (κ2) is 8.70. The summed E-state index contributed by atoms with van der Waals surface area (Å²) in [5.74, 6) is 0.199. The third-order valence-electron chi connectivity index (χ3n) is 4.60. The van der Waals surface area contributed by atoms with Gasteiger partial charge in [-0.25, -0.2) is 0 Å². The van der Waals surface area contributed by atoms with E-state index in [1.165, 1.54) is 5.56 Å². The highest BCUT2D eigenvalue weighted by molar-refractivity contribution is 6.35. The quantitative estimate of drug-likeness (QED) is 0.777. The Bertz CT molecular complexity index is 713. The van der Waals surface area contributed by atoms with Crippen molar-refractivity contribution in [1.82, 2.24) is 9.80 Å². The van der Waals surface area contributed by atoms with E-state index >= 15 is 0 Å². The van der Waals surface area contributed by atoms with Crippen LogP contribution in [0.1, 0.15) is 17.5 Å². The van der Waals surface area contributed by atoms with Crippen LogP contribution >= 0.6 is 23.2 Å². The van der Waals surface area contributed by atoms with Gasteiger partial charge < -0.3 is 4.90 Å². The molecule has 2 aromatic carbocycles. The summed E-state index contributed by atoms with van der Waals surface area (Å²) in [5.41, 5.74) is 2.29. The molecule has 1 saturated heterocycles. The van der Waals surface area contributed by atoms with E-state index in [-0.39, 0.29) is 5.91 Å². The van der Waals surface area contributed by atoms with E-state index in [1.807, 2.05) is 23.1 Å². The topological polar surface area (TPSA) is 23.6 Å². The lowest BCUT2D eigenvalue weighted by atomic mass is 10.1. The molecule has 0 atom stereocenters. The normalized spacial score (nSPS) is 15.4. The van der Waals surface area contributed by atoms with Crippen LogP contribution in [-0.4, -0.2) is 41.9 Å². The summed E-state index contributed by atoms with van der Waals surface area (Å²) in [6.07, 6.45) is 1.14. The van der Waals surface area contributed by atoms with Gasteiger partial charge in [0.25, 0.3) is 0 Å². The van der Waals surface area contributed by atoms with Crippen molar-refractivity contribution in [2.75, 3.05) is 26.2 Å². The van der Waals surface area contributed by atoms with Crippen molar-refractivity contribution in [2.24, 2.45) is 0 Å². The molecule has 25 heavy (non-hydrogen) atoms. The number of piperazine rings is 1. The van der Waals surface area contributed by atoms with E-state index in [0.717, 1.165) is 38.3 Å². The van der Waals surface area contributed by atoms with E-state index in [2.05, 4.69) is 29.2 Å². The summed E-state index contributed by atoms with van der Waals surface area (Å²) in [6, 6.07) is 15.9. The molecule has 0 unspecified atom stereocenters. The maximum atomic E-state index is 12.5. The van der Waals surface area contributed by atoms with Crippen LogP contribution in [0, 0.1) is 0 Å². The molecule has 5 heteroatoms. The van der Waals surface area contributed by atoms with Gasteiger partial charge in [-0.15, -0.1) is 0 Å². The number of hydrogen-bond acceptors (Lipinski definition) is 2. The van der Waals surface area contributed by atoms with Crippen LogP contribution in [0.15, 0.2) is 48.5 Å². The van der Waals surface area contributed by atoms with E-state index < -0.39 is 0 Å². The molecule has 3 nitrogen and oxygen atoms in total. The lowest BCUT2D eigenvalue weighted by Gasteiger charge is -2.34. The Morgan fingerprint density at radius 3 is 2.36 bits per heavy atom. The maximum absolute atomic E-state index is 12.5. The number of carbonyl (C=O) groups excluding carboxylic acids is 1. The van der Waals surface area contributed by atoms with Gasteiger partial charge in [0, 0.05) is 49.2 Å². The van der Waals surface area contributed by atoms with Gasteiger partial charge in [-0.3, -0.25) is 9.69 Å². The van der Waals surface area contributed by atoms with E-state index in [4.69, 9.17) is 23.2 Å². The Morgan fingerprint density at radius 2 is 1.68 bits per heavy atom. The summed E-state index contributed by atoms with van der Waals surface area (Å²) in [7, 11) is 0. The van der Waals surface area contributed by atoms with Gasteiger partial charge in [0.1, 0.15) is 0 Å². The third kappa shape index (κ3) is 5.21. The van der Waals surface area contributed by atoms with Crippen LogP contribution in [0.2, 0.25) is 10.0 Å². The Labute approximate surface area is 159 Å². The highest BCUT2D eigenvalue weighted by Gasteiger charge is 2.21. The van der Waals surface area contributed by atoms with Crippen molar-refractivity contribution in [3.8, 4) is 0 Å². The zero-order chi connectivity index (χ0) is 17.6. The number of amides is 1. The molecule has 1 fully saturated rings. The summed E-state index contributed by atoms with van der Waals surface area (Å²) >= 11 is 12.1. The molecule has 0 saturated carbocycles. The smallest absolute Gasteiger partial charge is 0.222 e. The first-order valence-corrected chi connectivity index (χ1v) is 9.35. The molecular weight excluding hydrogens is 355 g/mol. The SMILES string of the molecule is O=C(CCc1ccc(Cl)cc1Cl)N1CCN(Cc2ccccc2)CC1. The molecular formula is C20H22Cl2N2O. The third-order valence-corrected chi connectivity index (χ3v) is 5.18. The molecule has 2 aromatic rings. The molecule has 0 aromatic heterocycles. The van der Waals surface area contributed by atoms with Crippen molar-refractivity contribution < 1.29 is 4.79 Å². The van der Waals surface area contributed by atoms with Crippen LogP contribution in [0.5, 0.6) is 0 Å². The van der Waals surface area contributed by atoms with Gasteiger partial charge >= 0.3 is 0 Å². The van der Waals surface area contributed by atoms with Crippen LogP contribution < -0.4 is 0 Å². The average molecular weight is 377 g/mol. The Hall–Kier alpha value is -1.55.